The maximum atomic E-state index is 12.8. The van der Waals surface area contributed by atoms with Gasteiger partial charge >= 0.3 is 6.09 Å². The van der Waals surface area contributed by atoms with E-state index in [9.17, 15) is 26.2 Å². The Kier molecular flexibility index (Phi) is 12.3. The first-order valence-electron chi connectivity index (χ1n) is 21.9. The van der Waals surface area contributed by atoms with Crippen molar-refractivity contribution in [1.29, 1.82) is 0 Å². The molecule has 4 aromatic rings. The molecule has 0 unspecified atom stereocenters. The minimum Gasteiger partial charge on any atom is -0.450 e. The maximum absolute atomic E-state index is 12.8. The third kappa shape index (κ3) is 8.62. The summed E-state index contributed by atoms with van der Waals surface area (Å²) in [6.07, 6.45) is 10.9. The van der Waals surface area contributed by atoms with E-state index >= 15 is 0 Å². The SMILES string of the molecule is CCOC(=O)N1CC[N+](=C2C(=CC=C3N(CCCS(=O)(=O)O)c4ccc5ccccc5c4C3(C)C)CC/C2=C\C=C2/N(CCC=S(=O)=O)c3ccc4ccccc4c3C2(C)C)CC1. The van der Waals surface area contributed by atoms with Crippen molar-refractivity contribution in [2.45, 2.75) is 71.1 Å². The van der Waals surface area contributed by atoms with Crippen molar-refractivity contribution >= 4 is 70.5 Å². The molecule has 11 nitrogen and oxygen atoms in total. The van der Waals surface area contributed by atoms with Gasteiger partial charge < -0.3 is 14.5 Å². The molecule has 330 valence electrons. The Morgan fingerprint density at radius 2 is 1.27 bits per heavy atom. The number of anilines is 2. The van der Waals surface area contributed by atoms with Crippen LogP contribution in [0, 0.1) is 0 Å². The molecule has 0 bridgehead atoms. The topological polar surface area (TPSA) is 128 Å². The highest BCUT2D eigenvalue weighted by Gasteiger charge is 2.43. The highest BCUT2D eigenvalue weighted by atomic mass is 32.2. The number of carbonyl (C=O) groups is 1. The summed E-state index contributed by atoms with van der Waals surface area (Å²) < 4.78 is 64.3. The van der Waals surface area contributed by atoms with Crippen molar-refractivity contribution in [3.63, 3.8) is 0 Å². The predicted molar refractivity (Wildman–Crippen MR) is 254 cm³/mol. The Morgan fingerprint density at radius 1 is 0.762 bits per heavy atom. The second-order valence-corrected chi connectivity index (χ2v) is 20.2. The number of piperazine rings is 1. The van der Waals surface area contributed by atoms with E-state index in [1.807, 2.05) is 13.0 Å². The quantitative estimate of drug-likeness (QED) is 0.0947. The number of hydrogen-bond acceptors (Lipinski definition) is 8. The van der Waals surface area contributed by atoms with E-state index in [0.717, 1.165) is 57.5 Å². The molecular formula is C50H57N4O7S2+. The fourth-order valence-corrected chi connectivity index (χ4v) is 11.2. The van der Waals surface area contributed by atoms with Crippen molar-refractivity contribution in [2.75, 3.05) is 61.4 Å². The molecular weight excluding hydrogens is 833 g/mol. The lowest BCUT2D eigenvalue weighted by Gasteiger charge is -2.27. The average molecular weight is 890 g/mol. The molecule has 13 heteroatoms. The van der Waals surface area contributed by atoms with Crippen LogP contribution in [0.25, 0.3) is 21.5 Å². The second kappa shape index (κ2) is 17.6. The molecule has 4 aliphatic rings. The molecule has 1 saturated carbocycles. The molecule has 1 saturated heterocycles. The van der Waals surface area contributed by atoms with Crippen molar-refractivity contribution in [2.24, 2.45) is 0 Å². The Morgan fingerprint density at radius 3 is 1.76 bits per heavy atom. The van der Waals surface area contributed by atoms with Crippen LogP contribution in [-0.2, 0) is 36.0 Å². The lowest BCUT2D eigenvalue weighted by atomic mass is 9.81. The summed E-state index contributed by atoms with van der Waals surface area (Å²) in [5, 5.41) is 5.96. The van der Waals surface area contributed by atoms with Gasteiger partial charge in [0.1, 0.15) is 0 Å². The molecule has 1 amide bonds. The van der Waals surface area contributed by atoms with Crippen LogP contribution in [0.5, 0.6) is 0 Å². The Balaban J connectivity index is 1.23. The molecule has 0 aromatic heterocycles. The molecule has 0 radical (unpaired) electrons. The normalized spacial score (nSPS) is 20.8. The molecule has 3 heterocycles. The van der Waals surface area contributed by atoms with Crippen LogP contribution in [0.1, 0.15) is 71.4 Å². The Bertz CT molecular complexity index is 2910. The highest BCUT2D eigenvalue weighted by Crippen LogP contribution is 2.52. The molecule has 2 fully saturated rings. The van der Waals surface area contributed by atoms with Gasteiger partial charge in [-0.05, 0) is 89.6 Å². The van der Waals surface area contributed by atoms with Crippen LogP contribution < -0.4 is 9.80 Å². The summed E-state index contributed by atoms with van der Waals surface area (Å²) in [5.41, 5.74) is 9.36. The fraction of sp³-hybridized carbons (Fsp3) is 0.380. The van der Waals surface area contributed by atoms with E-state index in [1.165, 1.54) is 33.0 Å². The number of fused-ring (bicyclic) bond motifs is 6. The number of allylic oxidation sites excluding steroid dienone is 8. The van der Waals surface area contributed by atoms with Crippen LogP contribution in [0.3, 0.4) is 0 Å². The van der Waals surface area contributed by atoms with Crippen molar-refractivity contribution in [1.82, 2.24) is 4.90 Å². The van der Waals surface area contributed by atoms with Gasteiger partial charge in [-0.25, -0.2) is 9.37 Å². The zero-order valence-electron chi connectivity index (χ0n) is 36.8. The lowest BCUT2D eigenvalue weighted by Crippen LogP contribution is -2.47. The number of amides is 1. The van der Waals surface area contributed by atoms with Crippen LogP contribution in [-0.4, -0.2) is 99.7 Å². The minimum absolute atomic E-state index is 0.262. The van der Waals surface area contributed by atoms with E-state index in [2.05, 4.69) is 133 Å². The largest absolute Gasteiger partial charge is 0.450 e. The minimum atomic E-state index is -4.13. The third-order valence-electron chi connectivity index (χ3n) is 13.2. The van der Waals surface area contributed by atoms with E-state index < -0.39 is 25.8 Å². The molecule has 4 aromatic carbocycles. The van der Waals surface area contributed by atoms with Gasteiger partial charge in [-0.15, -0.1) is 0 Å². The van der Waals surface area contributed by atoms with Gasteiger partial charge in [0, 0.05) is 63.2 Å². The summed E-state index contributed by atoms with van der Waals surface area (Å²) in [6, 6.07) is 25.3. The summed E-state index contributed by atoms with van der Waals surface area (Å²) >= 11 is 0. The summed E-state index contributed by atoms with van der Waals surface area (Å²) in [7, 11) is -6.39. The molecule has 1 N–H and O–H groups in total. The number of ether oxygens (including phenoxy) is 1. The van der Waals surface area contributed by atoms with E-state index in [-0.39, 0.29) is 23.7 Å². The lowest BCUT2D eigenvalue weighted by molar-refractivity contribution is -0.537. The van der Waals surface area contributed by atoms with E-state index in [1.54, 1.807) is 4.90 Å². The monoisotopic (exact) mass is 889 g/mol. The zero-order valence-corrected chi connectivity index (χ0v) is 38.4. The fourth-order valence-electron chi connectivity index (χ4n) is 10.4. The van der Waals surface area contributed by atoms with Crippen molar-refractivity contribution in [3.05, 3.63) is 131 Å². The molecule has 0 spiro atoms. The van der Waals surface area contributed by atoms with Crippen LogP contribution >= 0.6 is 0 Å². The second-order valence-electron chi connectivity index (χ2n) is 17.8. The van der Waals surface area contributed by atoms with Crippen molar-refractivity contribution in [3.8, 4) is 0 Å². The predicted octanol–water partition coefficient (Wildman–Crippen LogP) is 8.58. The van der Waals surface area contributed by atoms with Gasteiger partial charge in [0.25, 0.3) is 10.1 Å². The van der Waals surface area contributed by atoms with Gasteiger partial charge in [0.05, 0.1) is 25.4 Å². The first-order chi connectivity index (χ1) is 30.1. The van der Waals surface area contributed by atoms with Crippen molar-refractivity contribution < 1.29 is 35.5 Å². The van der Waals surface area contributed by atoms with Gasteiger partial charge in [-0.2, -0.15) is 16.8 Å². The summed E-state index contributed by atoms with van der Waals surface area (Å²) in [6.45, 7) is 14.3. The molecule has 63 heavy (non-hydrogen) atoms. The van der Waals surface area contributed by atoms with E-state index in [0.29, 0.717) is 52.3 Å². The third-order valence-corrected chi connectivity index (χ3v) is 14.5. The van der Waals surface area contributed by atoms with Gasteiger partial charge in [-0.1, -0.05) is 101 Å². The Labute approximate surface area is 372 Å². The van der Waals surface area contributed by atoms with E-state index in [4.69, 9.17) is 4.74 Å². The maximum Gasteiger partial charge on any atom is 0.410 e. The summed E-state index contributed by atoms with van der Waals surface area (Å²) in [4.78, 5) is 19.0. The van der Waals surface area contributed by atoms with Crippen LogP contribution in [0.15, 0.2) is 120 Å². The number of hydrogen-bond donors (Lipinski definition) is 1. The van der Waals surface area contributed by atoms with Gasteiger partial charge in [0.15, 0.2) is 13.1 Å². The van der Waals surface area contributed by atoms with Crippen LogP contribution in [0.2, 0.25) is 0 Å². The first kappa shape index (κ1) is 44.1. The van der Waals surface area contributed by atoms with Gasteiger partial charge in [-0.3, -0.25) is 9.45 Å². The molecule has 0 atom stereocenters. The molecule has 8 rings (SSSR count). The number of carbonyl (C=O) groups excluding carboxylic acids is 1. The standard InChI is InChI=1S/C50H56N4O7S2/c1-6-61-48(55)52-31-29-51(30-32-52)47-37(21-25-43-49(2,3)45-39-15-9-7-13-35(39)19-23-41(45)53(43)27-11-33-62(56)57)17-18-38(47)22-26-44-50(4,5)46-40-16-10-8-14-36(40)20-24-42(46)54(44)28-12-34-63(58,59)60/h7-10,13-16,19-26,33H,6,11-12,17-18,27-32,34H2,1-5H3/p+1. The Hall–Kier alpha value is -5.50. The van der Waals surface area contributed by atoms with Gasteiger partial charge in [0.2, 0.25) is 16.0 Å². The average Bonchev–Trinajstić information content (AvgIpc) is 3.82. The smallest absolute Gasteiger partial charge is 0.410 e. The highest BCUT2D eigenvalue weighted by molar-refractivity contribution is 7.85. The zero-order chi connectivity index (χ0) is 44.7. The number of rotatable bonds is 10. The molecule has 3 aliphatic heterocycles. The summed E-state index contributed by atoms with van der Waals surface area (Å²) in [5.74, 6) is -0.327. The molecule has 1 aliphatic carbocycles. The number of nitrogens with zero attached hydrogens (tertiary/aromatic N) is 4. The first-order valence-corrected chi connectivity index (χ1v) is 24.7. The van der Waals surface area contributed by atoms with Crippen LogP contribution in [0.4, 0.5) is 16.2 Å². The number of benzene rings is 4.